The summed E-state index contributed by atoms with van der Waals surface area (Å²) >= 11 is 0. The lowest BCUT2D eigenvalue weighted by molar-refractivity contribution is 0.0690. The SMILES string of the molecule is CC(Cc1ccco1)Nc1cccc(C(=O)O)n1. The first kappa shape index (κ1) is 12.2. The summed E-state index contributed by atoms with van der Waals surface area (Å²) in [4.78, 5) is 14.8. The van der Waals surface area contributed by atoms with Gasteiger partial charge in [-0.15, -0.1) is 0 Å². The third-order valence-electron chi connectivity index (χ3n) is 2.45. The van der Waals surface area contributed by atoms with E-state index < -0.39 is 5.97 Å². The number of anilines is 1. The fourth-order valence-electron chi connectivity index (χ4n) is 1.67. The van der Waals surface area contributed by atoms with E-state index in [0.29, 0.717) is 12.2 Å². The summed E-state index contributed by atoms with van der Waals surface area (Å²) < 4.78 is 5.25. The molecule has 18 heavy (non-hydrogen) atoms. The molecule has 1 atom stereocenters. The summed E-state index contributed by atoms with van der Waals surface area (Å²) in [5, 5.41) is 12.0. The van der Waals surface area contributed by atoms with E-state index in [0.717, 1.165) is 5.76 Å². The molecule has 0 aromatic carbocycles. The Balaban J connectivity index is 2.00. The molecule has 2 heterocycles. The molecular weight excluding hydrogens is 232 g/mol. The highest BCUT2D eigenvalue weighted by atomic mass is 16.4. The maximum absolute atomic E-state index is 10.8. The lowest BCUT2D eigenvalue weighted by Crippen LogP contribution is -2.19. The smallest absolute Gasteiger partial charge is 0.354 e. The number of pyridine rings is 1. The van der Waals surface area contributed by atoms with Gasteiger partial charge in [-0.25, -0.2) is 9.78 Å². The van der Waals surface area contributed by atoms with Gasteiger partial charge in [-0.05, 0) is 31.2 Å². The van der Waals surface area contributed by atoms with Crippen LogP contribution in [0.25, 0.3) is 0 Å². The molecule has 0 amide bonds. The second-order valence-electron chi connectivity index (χ2n) is 4.04. The van der Waals surface area contributed by atoms with Gasteiger partial charge in [0.1, 0.15) is 11.6 Å². The van der Waals surface area contributed by atoms with Crippen molar-refractivity contribution in [3.63, 3.8) is 0 Å². The Kier molecular flexibility index (Phi) is 3.62. The van der Waals surface area contributed by atoms with Crippen molar-refractivity contribution >= 4 is 11.8 Å². The van der Waals surface area contributed by atoms with E-state index in [4.69, 9.17) is 9.52 Å². The molecule has 5 nitrogen and oxygen atoms in total. The van der Waals surface area contributed by atoms with E-state index in [2.05, 4.69) is 10.3 Å². The number of aromatic carboxylic acids is 1. The largest absolute Gasteiger partial charge is 0.477 e. The third-order valence-corrected chi connectivity index (χ3v) is 2.45. The topological polar surface area (TPSA) is 75.4 Å². The highest BCUT2D eigenvalue weighted by molar-refractivity contribution is 5.85. The predicted octanol–water partition coefficient (Wildman–Crippen LogP) is 2.42. The molecule has 2 aromatic rings. The summed E-state index contributed by atoms with van der Waals surface area (Å²) in [6.07, 6.45) is 2.34. The molecule has 0 bridgehead atoms. The molecule has 0 spiro atoms. The summed E-state index contributed by atoms with van der Waals surface area (Å²) in [7, 11) is 0. The van der Waals surface area contributed by atoms with Crippen molar-refractivity contribution in [3.8, 4) is 0 Å². The Labute approximate surface area is 104 Å². The van der Waals surface area contributed by atoms with Crippen LogP contribution in [0, 0.1) is 0 Å². The van der Waals surface area contributed by atoms with Gasteiger partial charge in [-0.1, -0.05) is 6.07 Å². The van der Waals surface area contributed by atoms with Gasteiger partial charge >= 0.3 is 5.97 Å². The Morgan fingerprint density at radius 1 is 1.44 bits per heavy atom. The van der Waals surface area contributed by atoms with Crippen LogP contribution in [-0.2, 0) is 6.42 Å². The highest BCUT2D eigenvalue weighted by Gasteiger charge is 2.09. The van der Waals surface area contributed by atoms with Gasteiger partial charge in [-0.3, -0.25) is 0 Å². The van der Waals surface area contributed by atoms with Crippen LogP contribution < -0.4 is 5.32 Å². The Hall–Kier alpha value is -2.30. The number of hydrogen-bond acceptors (Lipinski definition) is 4. The zero-order valence-corrected chi connectivity index (χ0v) is 9.96. The first-order chi connectivity index (χ1) is 8.65. The average Bonchev–Trinajstić information content (AvgIpc) is 2.82. The Morgan fingerprint density at radius 2 is 2.28 bits per heavy atom. The summed E-state index contributed by atoms with van der Waals surface area (Å²) in [5.41, 5.74) is 0.0326. The number of nitrogens with one attached hydrogen (secondary N) is 1. The summed E-state index contributed by atoms with van der Waals surface area (Å²) in [5.74, 6) is 0.399. The van der Waals surface area contributed by atoms with Gasteiger partial charge in [0.15, 0.2) is 5.69 Å². The maximum atomic E-state index is 10.8. The lowest BCUT2D eigenvalue weighted by atomic mass is 10.2. The molecule has 0 aliphatic rings. The standard InChI is InChI=1S/C13H14N2O3/c1-9(8-10-4-3-7-18-10)14-12-6-2-5-11(15-12)13(16)17/h2-7,9H,8H2,1H3,(H,14,15)(H,16,17). The van der Waals surface area contributed by atoms with Gasteiger partial charge in [-0.2, -0.15) is 0 Å². The molecule has 0 aliphatic carbocycles. The van der Waals surface area contributed by atoms with Crippen LogP contribution in [0.5, 0.6) is 0 Å². The molecule has 2 rings (SSSR count). The molecule has 0 saturated carbocycles. The Morgan fingerprint density at radius 3 is 2.94 bits per heavy atom. The molecule has 1 unspecified atom stereocenters. The van der Waals surface area contributed by atoms with Crippen molar-refractivity contribution in [2.24, 2.45) is 0 Å². The highest BCUT2D eigenvalue weighted by Crippen LogP contribution is 2.10. The van der Waals surface area contributed by atoms with Crippen molar-refractivity contribution in [1.82, 2.24) is 4.98 Å². The zero-order chi connectivity index (χ0) is 13.0. The fraction of sp³-hybridized carbons (Fsp3) is 0.231. The van der Waals surface area contributed by atoms with E-state index in [1.165, 1.54) is 6.07 Å². The first-order valence-electron chi connectivity index (χ1n) is 5.64. The number of aromatic nitrogens is 1. The quantitative estimate of drug-likeness (QED) is 0.847. The minimum absolute atomic E-state index is 0.0326. The van der Waals surface area contributed by atoms with Gasteiger partial charge in [0, 0.05) is 12.5 Å². The first-order valence-corrected chi connectivity index (χ1v) is 5.64. The molecule has 0 aliphatic heterocycles. The molecule has 94 valence electrons. The van der Waals surface area contributed by atoms with Gasteiger partial charge in [0.05, 0.1) is 6.26 Å². The third kappa shape index (κ3) is 3.10. The van der Waals surface area contributed by atoms with Crippen molar-refractivity contribution in [3.05, 3.63) is 48.0 Å². The Bertz CT molecular complexity index is 523. The van der Waals surface area contributed by atoms with Crippen LogP contribution >= 0.6 is 0 Å². The van der Waals surface area contributed by atoms with E-state index in [1.54, 1.807) is 18.4 Å². The van der Waals surface area contributed by atoms with E-state index in [-0.39, 0.29) is 11.7 Å². The zero-order valence-electron chi connectivity index (χ0n) is 9.96. The van der Waals surface area contributed by atoms with Crippen LogP contribution in [0.3, 0.4) is 0 Å². The molecule has 0 saturated heterocycles. The predicted molar refractivity (Wildman–Crippen MR) is 66.7 cm³/mol. The number of carboxylic acid groups (broad SMARTS) is 1. The molecule has 0 radical (unpaired) electrons. The van der Waals surface area contributed by atoms with Crippen molar-refractivity contribution < 1.29 is 14.3 Å². The lowest BCUT2D eigenvalue weighted by Gasteiger charge is -2.13. The molecule has 2 N–H and O–H groups in total. The summed E-state index contributed by atoms with van der Waals surface area (Å²) in [6.45, 7) is 1.98. The molecular formula is C13H14N2O3. The van der Waals surface area contributed by atoms with Crippen molar-refractivity contribution in [1.29, 1.82) is 0 Å². The van der Waals surface area contributed by atoms with E-state index >= 15 is 0 Å². The average molecular weight is 246 g/mol. The van der Waals surface area contributed by atoms with E-state index in [1.807, 2.05) is 19.1 Å². The summed E-state index contributed by atoms with van der Waals surface area (Å²) in [6, 6.07) is 8.71. The second-order valence-corrected chi connectivity index (χ2v) is 4.04. The van der Waals surface area contributed by atoms with Crippen LogP contribution in [0.1, 0.15) is 23.2 Å². The number of furan rings is 1. The fourth-order valence-corrected chi connectivity index (χ4v) is 1.67. The minimum atomic E-state index is -1.03. The second kappa shape index (κ2) is 5.35. The van der Waals surface area contributed by atoms with Crippen LogP contribution in [-0.4, -0.2) is 22.1 Å². The van der Waals surface area contributed by atoms with Crippen LogP contribution in [0.15, 0.2) is 41.0 Å². The minimum Gasteiger partial charge on any atom is -0.477 e. The molecule has 5 heteroatoms. The number of carbonyl (C=O) groups is 1. The normalized spacial score (nSPS) is 12.1. The number of nitrogens with zero attached hydrogens (tertiary/aromatic N) is 1. The number of rotatable bonds is 5. The number of hydrogen-bond donors (Lipinski definition) is 2. The van der Waals surface area contributed by atoms with Crippen LogP contribution in [0.2, 0.25) is 0 Å². The molecule has 2 aromatic heterocycles. The van der Waals surface area contributed by atoms with E-state index in [9.17, 15) is 4.79 Å². The van der Waals surface area contributed by atoms with Gasteiger partial charge < -0.3 is 14.8 Å². The van der Waals surface area contributed by atoms with Crippen molar-refractivity contribution in [2.45, 2.75) is 19.4 Å². The van der Waals surface area contributed by atoms with Gasteiger partial charge in [0.2, 0.25) is 0 Å². The molecule has 0 fully saturated rings. The number of carboxylic acids is 1. The van der Waals surface area contributed by atoms with Crippen LogP contribution in [0.4, 0.5) is 5.82 Å². The van der Waals surface area contributed by atoms with Crippen molar-refractivity contribution in [2.75, 3.05) is 5.32 Å². The monoisotopic (exact) mass is 246 g/mol. The maximum Gasteiger partial charge on any atom is 0.354 e. The van der Waals surface area contributed by atoms with Gasteiger partial charge in [0.25, 0.3) is 0 Å².